The Morgan fingerprint density at radius 2 is 2.00 bits per heavy atom. The highest BCUT2D eigenvalue weighted by Crippen LogP contribution is 2.30. The predicted molar refractivity (Wildman–Crippen MR) is 85.6 cm³/mol. The van der Waals surface area contributed by atoms with E-state index < -0.39 is 10.0 Å². The maximum absolute atomic E-state index is 12.6. The van der Waals surface area contributed by atoms with Crippen LogP contribution in [0.25, 0.3) is 10.9 Å². The lowest BCUT2D eigenvalue weighted by molar-refractivity contribution is 0.600. The van der Waals surface area contributed by atoms with Crippen molar-refractivity contribution in [1.82, 2.24) is 15.2 Å². The highest BCUT2D eigenvalue weighted by molar-refractivity contribution is 7.92. The number of halogens is 1. The number of benzene rings is 1. The van der Waals surface area contributed by atoms with Crippen molar-refractivity contribution in [1.29, 1.82) is 0 Å². The molecule has 0 fully saturated rings. The molecular formula is C14H13ClN4O2S. The quantitative estimate of drug-likeness (QED) is 0.769. The number of rotatable bonds is 3. The van der Waals surface area contributed by atoms with Crippen LogP contribution in [0.15, 0.2) is 35.4 Å². The Kier molecular flexibility index (Phi) is 3.54. The average Bonchev–Trinajstić information content (AvgIpc) is 2.82. The molecule has 114 valence electrons. The summed E-state index contributed by atoms with van der Waals surface area (Å²) in [5.74, 6) is 0. The Bertz CT molecular complexity index is 947. The van der Waals surface area contributed by atoms with E-state index in [1.54, 1.807) is 44.3 Å². The molecule has 22 heavy (non-hydrogen) atoms. The lowest BCUT2D eigenvalue weighted by Gasteiger charge is -2.11. The number of fused-ring (bicyclic) bond motifs is 1. The Balaban J connectivity index is 2.13. The van der Waals surface area contributed by atoms with Crippen LogP contribution < -0.4 is 4.72 Å². The van der Waals surface area contributed by atoms with Crippen LogP contribution >= 0.6 is 11.6 Å². The second-order valence-corrected chi connectivity index (χ2v) is 6.89. The zero-order chi connectivity index (χ0) is 15.9. The summed E-state index contributed by atoms with van der Waals surface area (Å²) in [5, 5.41) is 7.79. The summed E-state index contributed by atoms with van der Waals surface area (Å²) in [6.07, 6.45) is 1.59. The molecule has 8 heteroatoms. The molecule has 6 nitrogen and oxygen atoms in total. The van der Waals surface area contributed by atoms with Crippen LogP contribution in [0.5, 0.6) is 0 Å². The molecule has 2 heterocycles. The molecule has 2 aromatic heterocycles. The highest BCUT2D eigenvalue weighted by atomic mass is 35.5. The van der Waals surface area contributed by atoms with E-state index in [-0.39, 0.29) is 4.90 Å². The fourth-order valence-corrected chi connectivity index (χ4v) is 4.01. The van der Waals surface area contributed by atoms with E-state index in [4.69, 9.17) is 11.6 Å². The number of nitrogens with zero attached hydrogens (tertiary/aromatic N) is 2. The predicted octanol–water partition coefficient (Wildman–Crippen LogP) is 3.03. The zero-order valence-electron chi connectivity index (χ0n) is 11.9. The van der Waals surface area contributed by atoms with Crippen LogP contribution in [0.1, 0.15) is 11.4 Å². The van der Waals surface area contributed by atoms with Crippen LogP contribution in [0, 0.1) is 13.8 Å². The molecule has 2 N–H and O–H groups in total. The summed E-state index contributed by atoms with van der Waals surface area (Å²) >= 11 is 6.12. The van der Waals surface area contributed by atoms with Crippen LogP contribution in [0.3, 0.4) is 0 Å². The number of aryl methyl sites for hydroxylation is 2. The standard InChI is InChI=1S/C14H13ClN4O2S/c1-8-14(9(2)18-17-8)22(20,21)19-12-6-5-11(15)10-4-3-7-16-13(10)12/h3-7,19H,1-2H3,(H,17,18). The first-order valence-corrected chi connectivity index (χ1v) is 8.34. The molecule has 0 saturated carbocycles. The third-order valence-corrected chi connectivity index (χ3v) is 5.25. The van der Waals surface area contributed by atoms with Crippen molar-refractivity contribution in [2.24, 2.45) is 0 Å². The van der Waals surface area contributed by atoms with E-state index in [0.717, 1.165) is 0 Å². The van der Waals surface area contributed by atoms with Crippen molar-refractivity contribution in [3.63, 3.8) is 0 Å². The number of hydrogen-bond acceptors (Lipinski definition) is 4. The summed E-state index contributed by atoms with van der Waals surface area (Å²) in [4.78, 5) is 4.36. The zero-order valence-corrected chi connectivity index (χ0v) is 13.5. The van der Waals surface area contributed by atoms with Crippen LogP contribution in [-0.2, 0) is 10.0 Å². The van der Waals surface area contributed by atoms with Crippen molar-refractivity contribution >= 4 is 38.2 Å². The van der Waals surface area contributed by atoms with Crippen molar-refractivity contribution in [2.45, 2.75) is 18.7 Å². The number of hydrogen-bond donors (Lipinski definition) is 2. The van der Waals surface area contributed by atoms with Gasteiger partial charge in [0.15, 0.2) is 0 Å². The summed E-state index contributed by atoms with van der Waals surface area (Å²) in [5.41, 5.74) is 1.77. The number of aromatic nitrogens is 3. The topological polar surface area (TPSA) is 87.7 Å². The summed E-state index contributed by atoms with van der Waals surface area (Å²) in [6.45, 7) is 3.29. The van der Waals surface area contributed by atoms with Crippen LogP contribution in [-0.4, -0.2) is 23.6 Å². The van der Waals surface area contributed by atoms with Gasteiger partial charge in [-0.2, -0.15) is 5.10 Å². The van der Waals surface area contributed by atoms with Gasteiger partial charge in [-0.1, -0.05) is 11.6 Å². The number of sulfonamides is 1. The normalized spacial score (nSPS) is 11.8. The summed E-state index contributed by atoms with van der Waals surface area (Å²) < 4.78 is 27.8. The maximum atomic E-state index is 12.6. The van der Waals surface area contributed by atoms with Gasteiger partial charge in [0.1, 0.15) is 4.90 Å². The molecule has 1 aromatic carbocycles. The van der Waals surface area contributed by atoms with Crippen molar-refractivity contribution in [2.75, 3.05) is 4.72 Å². The van der Waals surface area contributed by atoms with Gasteiger partial charge in [0, 0.05) is 11.6 Å². The van der Waals surface area contributed by atoms with E-state index in [1.807, 2.05) is 0 Å². The molecule has 0 aliphatic carbocycles. The minimum atomic E-state index is -3.76. The van der Waals surface area contributed by atoms with E-state index >= 15 is 0 Å². The molecule has 0 spiro atoms. The van der Waals surface area contributed by atoms with Gasteiger partial charge in [0.05, 0.1) is 27.6 Å². The highest BCUT2D eigenvalue weighted by Gasteiger charge is 2.23. The third-order valence-electron chi connectivity index (χ3n) is 3.29. The first-order chi connectivity index (χ1) is 10.4. The van der Waals surface area contributed by atoms with Gasteiger partial charge >= 0.3 is 0 Å². The number of H-pyrrole nitrogens is 1. The fourth-order valence-electron chi connectivity index (χ4n) is 2.35. The molecule has 0 aliphatic rings. The first kappa shape index (κ1) is 14.8. The monoisotopic (exact) mass is 336 g/mol. The minimum absolute atomic E-state index is 0.145. The SMILES string of the molecule is Cc1n[nH]c(C)c1S(=O)(=O)Nc1ccc(Cl)c2cccnc12. The largest absolute Gasteiger partial charge is 0.281 e. The number of nitrogens with one attached hydrogen (secondary N) is 2. The van der Waals surface area contributed by atoms with Gasteiger partial charge < -0.3 is 0 Å². The van der Waals surface area contributed by atoms with Gasteiger partial charge in [-0.15, -0.1) is 0 Å². The molecule has 0 unspecified atom stereocenters. The lowest BCUT2D eigenvalue weighted by atomic mass is 10.2. The smallest absolute Gasteiger partial charge is 0.265 e. The summed E-state index contributed by atoms with van der Waals surface area (Å²) in [7, 11) is -3.76. The van der Waals surface area contributed by atoms with Gasteiger partial charge in [0.2, 0.25) is 0 Å². The second kappa shape index (κ2) is 5.26. The molecular weight excluding hydrogens is 324 g/mol. The minimum Gasteiger partial charge on any atom is -0.281 e. The molecule has 0 amide bonds. The number of aromatic amines is 1. The molecule has 0 bridgehead atoms. The summed E-state index contributed by atoms with van der Waals surface area (Å²) in [6, 6.07) is 6.77. The number of anilines is 1. The lowest BCUT2D eigenvalue weighted by Crippen LogP contribution is -2.15. The Labute approximate surface area is 132 Å². The van der Waals surface area contributed by atoms with E-state index in [9.17, 15) is 8.42 Å². The van der Waals surface area contributed by atoms with Gasteiger partial charge in [0.25, 0.3) is 10.0 Å². The molecule has 0 atom stereocenters. The van der Waals surface area contributed by atoms with Crippen molar-refractivity contribution in [3.8, 4) is 0 Å². The first-order valence-electron chi connectivity index (χ1n) is 6.48. The van der Waals surface area contributed by atoms with Crippen molar-refractivity contribution < 1.29 is 8.42 Å². The van der Waals surface area contributed by atoms with Gasteiger partial charge in [-0.25, -0.2) is 8.42 Å². The van der Waals surface area contributed by atoms with E-state index in [2.05, 4.69) is 19.9 Å². The van der Waals surface area contributed by atoms with Crippen LogP contribution in [0.2, 0.25) is 5.02 Å². The van der Waals surface area contributed by atoms with E-state index in [0.29, 0.717) is 33.0 Å². The van der Waals surface area contributed by atoms with Gasteiger partial charge in [-0.05, 0) is 38.1 Å². The molecule has 0 saturated heterocycles. The van der Waals surface area contributed by atoms with Crippen molar-refractivity contribution in [3.05, 3.63) is 46.9 Å². The average molecular weight is 337 g/mol. The molecule has 3 aromatic rings. The number of pyridine rings is 1. The molecule has 0 radical (unpaired) electrons. The Morgan fingerprint density at radius 1 is 1.23 bits per heavy atom. The maximum Gasteiger partial charge on any atom is 0.265 e. The second-order valence-electron chi connectivity index (χ2n) is 4.86. The molecule has 0 aliphatic heterocycles. The Morgan fingerprint density at radius 3 is 2.68 bits per heavy atom. The van der Waals surface area contributed by atoms with Crippen LogP contribution in [0.4, 0.5) is 5.69 Å². The van der Waals surface area contributed by atoms with Gasteiger partial charge in [-0.3, -0.25) is 14.8 Å². The molecule has 3 rings (SSSR count). The third kappa shape index (κ3) is 2.42. The Hall–Kier alpha value is -2.12. The van der Waals surface area contributed by atoms with E-state index in [1.165, 1.54) is 0 Å². The fraction of sp³-hybridized carbons (Fsp3) is 0.143.